The summed E-state index contributed by atoms with van der Waals surface area (Å²) in [4.78, 5) is 30.2. The number of aromatic amines is 1. The van der Waals surface area contributed by atoms with Gasteiger partial charge in [0.2, 0.25) is 5.91 Å². The van der Waals surface area contributed by atoms with Crippen molar-refractivity contribution in [3.63, 3.8) is 0 Å². The van der Waals surface area contributed by atoms with Gasteiger partial charge in [-0.15, -0.1) is 0 Å². The van der Waals surface area contributed by atoms with Crippen LogP contribution < -0.4 is 0 Å². The fourth-order valence-corrected chi connectivity index (χ4v) is 4.54. The quantitative estimate of drug-likeness (QED) is 0.805. The summed E-state index contributed by atoms with van der Waals surface area (Å²) in [7, 11) is 0. The van der Waals surface area contributed by atoms with Gasteiger partial charge < -0.3 is 14.6 Å². The van der Waals surface area contributed by atoms with Gasteiger partial charge in [-0.25, -0.2) is 4.79 Å². The van der Waals surface area contributed by atoms with E-state index in [-0.39, 0.29) is 18.0 Å². The van der Waals surface area contributed by atoms with E-state index in [9.17, 15) is 9.59 Å². The van der Waals surface area contributed by atoms with E-state index < -0.39 is 6.04 Å². The van der Waals surface area contributed by atoms with Gasteiger partial charge in [-0.05, 0) is 55.9 Å². The number of nitrogens with zero attached hydrogens (tertiary/aromatic N) is 1. The lowest BCUT2D eigenvalue weighted by Gasteiger charge is -2.27. The number of aryl methyl sites for hydroxylation is 1. The van der Waals surface area contributed by atoms with Gasteiger partial charge in [0.25, 0.3) is 0 Å². The number of hydrogen-bond donors (Lipinski definition) is 1. The molecule has 1 saturated heterocycles. The normalized spacial score (nSPS) is 22.1. The largest absolute Gasteiger partial charge is 0.460 e. The Morgan fingerprint density at radius 1 is 1.33 bits per heavy atom. The number of hydrogen-bond acceptors (Lipinski definition) is 3. The van der Waals surface area contributed by atoms with Crippen molar-refractivity contribution in [2.75, 3.05) is 6.54 Å². The highest BCUT2D eigenvalue weighted by molar-refractivity contribution is 6.31. The minimum absolute atomic E-state index is 0.0640. The average molecular weight is 389 g/mol. The first-order valence-electron chi connectivity index (χ1n) is 9.85. The summed E-state index contributed by atoms with van der Waals surface area (Å²) >= 11 is 6.16. The maximum absolute atomic E-state index is 12.8. The van der Waals surface area contributed by atoms with Crippen molar-refractivity contribution in [2.24, 2.45) is 0 Å². The molecule has 6 heteroatoms. The number of H-pyrrole nitrogens is 1. The minimum Gasteiger partial charge on any atom is -0.460 e. The zero-order chi connectivity index (χ0) is 19.0. The molecule has 0 saturated carbocycles. The molecule has 1 aliphatic carbocycles. The highest BCUT2D eigenvalue weighted by Gasteiger charge is 2.36. The van der Waals surface area contributed by atoms with E-state index in [0.717, 1.165) is 36.6 Å². The maximum atomic E-state index is 12.8. The van der Waals surface area contributed by atoms with Crippen LogP contribution in [0.25, 0.3) is 10.9 Å². The van der Waals surface area contributed by atoms with E-state index in [1.165, 1.54) is 11.3 Å². The highest BCUT2D eigenvalue weighted by Crippen LogP contribution is 2.32. The smallest absolute Gasteiger partial charge is 0.329 e. The molecule has 2 atom stereocenters. The lowest BCUT2D eigenvalue weighted by Crippen LogP contribution is -2.43. The lowest BCUT2D eigenvalue weighted by atomic mass is 9.93. The first-order chi connectivity index (χ1) is 13.1. The predicted octanol–water partition coefficient (Wildman–Crippen LogP) is 4.01. The van der Waals surface area contributed by atoms with Gasteiger partial charge >= 0.3 is 5.97 Å². The second-order valence-electron chi connectivity index (χ2n) is 7.57. The number of amides is 1. The molecule has 0 spiro atoms. The van der Waals surface area contributed by atoms with Gasteiger partial charge in [-0.2, -0.15) is 0 Å². The second kappa shape index (κ2) is 7.55. The lowest BCUT2D eigenvalue weighted by molar-refractivity contribution is -0.158. The van der Waals surface area contributed by atoms with Gasteiger partial charge in [0.15, 0.2) is 0 Å². The summed E-state index contributed by atoms with van der Waals surface area (Å²) in [6, 6.07) is 5.43. The Kier molecular flexibility index (Phi) is 5.13. The highest BCUT2D eigenvalue weighted by atomic mass is 35.5. The summed E-state index contributed by atoms with van der Waals surface area (Å²) in [5.41, 5.74) is 3.48. The third kappa shape index (κ3) is 3.57. The van der Waals surface area contributed by atoms with Crippen molar-refractivity contribution >= 4 is 34.4 Å². The molecule has 5 nitrogen and oxygen atoms in total. The number of ether oxygens (including phenoxy) is 1. The van der Waals surface area contributed by atoms with E-state index >= 15 is 0 Å². The van der Waals surface area contributed by atoms with Gasteiger partial charge in [-0.1, -0.05) is 18.5 Å². The molecule has 1 fully saturated rings. The van der Waals surface area contributed by atoms with E-state index in [2.05, 4.69) is 4.98 Å². The third-order valence-electron chi connectivity index (χ3n) is 5.70. The Morgan fingerprint density at radius 2 is 2.19 bits per heavy atom. The number of nitrogens with one attached hydrogen (secondary N) is 1. The monoisotopic (exact) mass is 388 g/mol. The molecule has 1 N–H and O–H groups in total. The molecule has 2 aliphatic rings. The average Bonchev–Trinajstić information content (AvgIpc) is 3.26. The summed E-state index contributed by atoms with van der Waals surface area (Å²) < 4.78 is 5.86. The van der Waals surface area contributed by atoms with E-state index in [0.29, 0.717) is 30.8 Å². The van der Waals surface area contributed by atoms with Gasteiger partial charge in [-0.3, -0.25) is 4.79 Å². The number of likely N-dealkylation sites (tertiary alicyclic amines) is 1. The number of benzene rings is 1. The Hall–Kier alpha value is -2.01. The molecule has 4 rings (SSSR count). The summed E-state index contributed by atoms with van der Waals surface area (Å²) in [6.07, 6.45) is 5.05. The molecule has 0 radical (unpaired) electrons. The molecule has 1 aromatic heterocycles. The van der Waals surface area contributed by atoms with Gasteiger partial charge in [0, 0.05) is 41.0 Å². The topological polar surface area (TPSA) is 62.4 Å². The van der Waals surface area contributed by atoms with Crippen LogP contribution in [-0.4, -0.2) is 40.5 Å². The molecular weight excluding hydrogens is 364 g/mol. The SMILES string of the molecule is CCCC(=O)N1CCC[C@@H]1C(=O)O[C@H]1CCc2[nH]c3ccc(Cl)cc3c2C1. The van der Waals surface area contributed by atoms with Crippen LogP contribution in [0.5, 0.6) is 0 Å². The van der Waals surface area contributed by atoms with Crippen LogP contribution in [0, 0.1) is 0 Å². The molecule has 2 heterocycles. The fraction of sp³-hybridized carbons (Fsp3) is 0.524. The molecule has 1 amide bonds. The second-order valence-corrected chi connectivity index (χ2v) is 8.01. The van der Waals surface area contributed by atoms with Crippen LogP contribution in [-0.2, 0) is 27.2 Å². The number of esters is 1. The van der Waals surface area contributed by atoms with Crippen LogP contribution in [0.1, 0.15) is 50.3 Å². The molecule has 27 heavy (non-hydrogen) atoms. The maximum Gasteiger partial charge on any atom is 0.329 e. The third-order valence-corrected chi connectivity index (χ3v) is 5.93. The molecule has 1 aromatic carbocycles. The molecule has 0 bridgehead atoms. The molecule has 1 aliphatic heterocycles. The van der Waals surface area contributed by atoms with E-state index in [1.807, 2.05) is 25.1 Å². The van der Waals surface area contributed by atoms with Crippen molar-refractivity contribution in [3.05, 3.63) is 34.5 Å². The predicted molar refractivity (Wildman–Crippen MR) is 105 cm³/mol. The standard InChI is InChI=1S/C21H25ClN2O3/c1-2-4-20(25)24-10-3-5-19(24)21(26)27-14-7-9-18-16(12-14)15-11-13(22)6-8-17(15)23-18/h6,8,11,14,19,23H,2-5,7,9-10,12H2,1H3/t14-,19+/m0/s1. The Morgan fingerprint density at radius 3 is 3.00 bits per heavy atom. The van der Waals surface area contributed by atoms with Crippen LogP contribution in [0.4, 0.5) is 0 Å². The van der Waals surface area contributed by atoms with Gasteiger partial charge in [0.1, 0.15) is 12.1 Å². The number of rotatable bonds is 4. The van der Waals surface area contributed by atoms with Crippen LogP contribution in [0.15, 0.2) is 18.2 Å². The first-order valence-corrected chi connectivity index (χ1v) is 10.2. The zero-order valence-electron chi connectivity index (χ0n) is 15.6. The summed E-state index contributed by atoms with van der Waals surface area (Å²) in [6.45, 7) is 2.64. The van der Waals surface area contributed by atoms with Crippen molar-refractivity contribution in [1.82, 2.24) is 9.88 Å². The molecule has 2 aromatic rings. The van der Waals surface area contributed by atoms with Gasteiger partial charge in [0.05, 0.1) is 0 Å². The Labute approximate surface area is 164 Å². The van der Waals surface area contributed by atoms with Crippen LogP contribution >= 0.6 is 11.6 Å². The summed E-state index contributed by atoms with van der Waals surface area (Å²) in [5.74, 6) is -0.183. The molecule has 0 unspecified atom stereocenters. The Balaban J connectivity index is 1.46. The molecular formula is C21H25ClN2O3. The van der Waals surface area contributed by atoms with Crippen molar-refractivity contribution in [3.8, 4) is 0 Å². The fourth-order valence-electron chi connectivity index (χ4n) is 4.37. The van der Waals surface area contributed by atoms with E-state index in [1.54, 1.807) is 4.90 Å². The van der Waals surface area contributed by atoms with Crippen molar-refractivity contribution < 1.29 is 14.3 Å². The number of carbonyl (C=O) groups excluding carboxylic acids is 2. The van der Waals surface area contributed by atoms with E-state index in [4.69, 9.17) is 16.3 Å². The number of carbonyl (C=O) groups is 2. The number of halogens is 1. The van der Waals surface area contributed by atoms with Crippen LogP contribution in [0.3, 0.4) is 0 Å². The van der Waals surface area contributed by atoms with Crippen LogP contribution in [0.2, 0.25) is 5.02 Å². The first kappa shape index (κ1) is 18.4. The number of aromatic nitrogens is 1. The summed E-state index contributed by atoms with van der Waals surface area (Å²) in [5, 5.41) is 1.82. The molecule has 144 valence electrons. The minimum atomic E-state index is -0.414. The number of fused-ring (bicyclic) bond motifs is 3. The van der Waals surface area contributed by atoms with Crippen molar-refractivity contribution in [1.29, 1.82) is 0 Å². The zero-order valence-corrected chi connectivity index (χ0v) is 16.3. The Bertz CT molecular complexity index is 876. The van der Waals surface area contributed by atoms with Crippen molar-refractivity contribution in [2.45, 2.75) is 64.0 Å².